The second-order valence-corrected chi connectivity index (χ2v) is 8.08. The lowest BCUT2D eigenvalue weighted by Crippen LogP contribution is -2.15. The van der Waals surface area contributed by atoms with Crippen molar-refractivity contribution in [2.45, 2.75) is 30.1 Å². The Balaban J connectivity index is 1.76. The van der Waals surface area contributed by atoms with Crippen molar-refractivity contribution in [3.63, 3.8) is 0 Å². The zero-order valence-corrected chi connectivity index (χ0v) is 14.4. The number of allylic oxidation sites excluding steroid dienone is 2. The molecule has 0 radical (unpaired) electrons. The third kappa shape index (κ3) is 2.31. The highest BCUT2D eigenvalue weighted by molar-refractivity contribution is 7.92. The van der Waals surface area contributed by atoms with Crippen LogP contribution in [0.2, 0.25) is 0 Å². The van der Waals surface area contributed by atoms with E-state index < -0.39 is 10.0 Å². The molecule has 0 aliphatic heterocycles. The highest BCUT2D eigenvalue weighted by atomic mass is 32.2. The summed E-state index contributed by atoms with van der Waals surface area (Å²) in [6, 6.07) is 10.5. The first kappa shape index (κ1) is 15.3. The van der Waals surface area contributed by atoms with Crippen molar-refractivity contribution in [2.75, 3.05) is 11.8 Å². The van der Waals surface area contributed by atoms with Gasteiger partial charge in [-0.15, -0.1) is 0 Å². The third-order valence-electron chi connectivity index (χ3n) is 4.87. The molecule has 0 spiro atoms. The number of rotatable bonds is 4. The number of methoxy groups -OCH3 is 1. The summed E-state index contributed by atoms with van der Waals surface area (Å²) in [5.41, 5.74) is 3.86. The SMILES string of the molecule is COc1ccc(NS(=O)(=O)c2ccc(C)cc2)c2c1C1C=CC2C1. The van der Waals surface area contributed by atoms with Crippen LogP contribution in [-0.4, -0.2) is 15.5 Å². The second-order valence-electron chi connectivity index (χ2n) is 6.39. The molecule has 2 bridgehead atoms. The van der Waals surface area contributed by atoms with Gasteiger partial charge in [0.05, 0.1) is 17.7 Å². The maximum absolute atomic E-state index is 12.7. The van der Waals surface area contributed by atoms with E-state index in [2.05, 4.69) is 16.9 Å². The van der Waals surface area contributed by atoms with Gasteiger partial charge in [-0.3, -0.25) is 4.72 Å². The number of fused-ring (bicyclic) bond motifs is 5. The van der Waals surface area contributed by atoms with Crippen molar-refractivity contribution >= 4 is 15.7 Å². The zero-order chi connectivity index (χ0) is 16.9. The molecular weight excluding hydrogens is 322 g/mol. The van der Waals surface area contributed by atoms with E-state index in [0.717, 1.165) is 28.9 Å². The predicted molar refractivity (Wildman–Crippen MR) is 94.2 cm³/mol. The van der Waals surface area contributed by atoms with Crippen molar-refractivity contribution in [2.24, 2.45) is 0 Å². The van der Waals surface area contributed by atoms with Crippen molar-refractivity contribution in [1.82, 2.24) is 0 Å². The van der Waals surface area contributed by atoms with E-state index in [-0.39, 0.29) is 10.8 Å². The smallest absolute Gasteiger partial charge is 0.261 e. The van der Waals surface area contributed by atoms with E-state index in [1.165, 1.54) is 0 Å². The number of aryl methyl sites for hydroxylation is 1. The molecule has 2 aliphatic carbocycles. The van der Waals surface area contributed by atoms with Crippen molar-refractivity contribution in [3.8, 4) is 5.75 Å². The molecule has 24 heavy (non-hydrogen) atoms. The van der Waals surface area contributed by atoms with E-state index in [4.69, 9.17) is 4.74 Å². The third-order valence-corrected chi connectivity index (χ3v) is 6.25. The van der Waals surface area contributed by atoms with E-state index in [9.17, 15) is 8.42 Å². The molecule has 4 rings (SSSR count). The lowest BCUT2D eigenvalue weighted by Gasteiger charge is -2.19. The summed E-state index contributed by atoms with van der Waals surface area (Å²) >= 11 is 0. The Labute approximate surface area is 142 Å². The van der Waals surface area contributed by atoms with Crippen LogP contribution in [0.15, 0.2) is 53.4 Å². The Morgan fingerprint density at radius 1 is 1.00 bits per heavy atom. The summed E-state index contributed by atoms with van der Waals surface area (Å²) in [4.78, 5) is 0.274. The van der Waals surface area contributed by atoms with E-state index in [1.54, 1.807) is 37.4 Å². The summed E-state index contributed by atoms with van der Waals surface area (Å²) in [6.07, 6.45) is 5.35. The number of hydrogen-bond donors (Lipinski definition) is 1. The molecule has 0 fully saturated rings. The van der Waals surface area contributed by atoms with Crippen LogP contribution >= 0.6 is 0 Å². The Bertz CT molecular complexity index is 930. The summed E-state index contributed by atoms with van der Waals surface area (Å²) in [5.74, 6) is 1.42. The molecule has 0 saturated heterocycles. The van der Waals surface area contributed by atoms with Crippen LogP contribution in [-0.2, 0) is 10.0 Å². The molecule has 2 atom stereocenters. The van der Waals surface area contributed by atoms with E-state index in [0.29, 0.717) is 11.6 Å². The molecule has 4 nitrogen and oxygen atoms in total. The molecule has 0 heterocycles. The van der Waals surface area contributed by atoms with Crippen molar-refractivity contribution in [1.29, 1.82) is 0 Å². The van der Waals surface area contributed by atoms with Gasteiger partial charge in [0.15, 0.2) is 0 Å². The average molecular weight is 341 g/mol. The first-order chi connectivity index (χ1) is 11.5. The topological polar surface area (TPSA) is 55.4 Å². The molecule has 2 aromatic carbocycles. The Kier molecular flexibility index (Phi) is 3.42. The molecule has 124 valence electrons. The molecule has 0 aromatic heterocycles. The minimum Gasteiger partial charge on any atom is -0.496 e. The largest absolute Gasteiger partial charge is 0.496 e. The molecule has 1 N–H and O–H groups in total. The number of nitrogens with one attached hydrogen (secondary N) is 1. The lowest BCUT2D eigenvalue weighted by atomic mass is 9.94. The molecule has 0 saturated carbocycles. The highest BCUT2D eigenvalue weighted by Crippen LogP contribution is 2.54. The van der Waals surface area contributed by atoms with Gasteiger partial charge in [-0.2, -0.15) is 0 Å². The van der Waals surface area contributed by atoms with Crippen LogP contribution in [0.25, 0.3) is 0 Å². The molecular formula is C19H19NO3S. The first-order valence-corrected chi connectivity index (χ1v) is 9.46. The monoisotopic (exact) mass is 341 g/mol. The van der Waals surface area contributed by atoms with Gasteiger partial charge in [0.2, 0.25) is 0 Å². The number of sulfonamides is 1. The Hall–Kier alpha value is -2.27. The van der Waals surface area contributed by atoms with Gasteiger partial charge in [0.25, 0.3) is 10.0 Å². The second kappa shape index (κ2) is 5.38. The van der Waals surface area contributed by atoms with Gasteiger partial charge in [-0.25, -0.2) is 8.42 Å². The van der Waals surface area contributed by atoms with E-state index >= 15 is 0 Å². The predicted octanol–water partition coefficient (Wildman–Crippen LogP) is 3.95. The Morgan fingerprint density at radius 3 is 2.33 bits per heavy atom. The standard InChI is InChI=1S/C19H19NO3S/c1-12-3-7-15(8-4-12)24(21,22)20-16-9-10-17(23-2)19-14-6-5-13(11-14)18(16)19/h3-10,13-14,20H,11H2,1-2H3. The van der Waals surface area contributed by atoms with Gasteiger partial charge in [0, 0.05) is 17.4 Å². The molecule has 2 aromatic rings. The number of ether oxygens (including phenoxy) is 1. The van der Waals surface area contributed by atoms with Gasteiger partial charge in [-0.1, -0.05) is 29.8 Å². The fraction of sp³-hybridized carbons (Fsp3) is 0.263. The summed E-state index contributed by atoms with van der Waals surface area (Å²) < 4.78 is 33.7. The van der Waals surface area contributed by atoms with Crippen molar-refractivity contribution in [3.05, 3.63) is 65.2 Å². The average Bonchev–Trinajstić information content (AvgIpc) is 3.17. The Morgan fingerprint density at radius 2 is 1.67 bits per heavy atom. The van der Waals surface area contributed by atoms with Crippen LogP contribution in [0.3, 0.4) is 0 Å². The summed E-state index contributed by atoms with van der Waals surface area (Å²) in [6.45, 7) is 1.93. The van der Waals surface area contributed by atoms with Crippen molar-refractivity contribution < 1.29 is 13.2 Å². The maximum atomic E-state index is 12.7. The quantitative estimate of drug-likeness (QED) is 0.857. The normalized spacial score (nSPS) is 20.9. The number of hydrogen-bond acceptors (Lipinski definition) is 3. The minimum atomic E-state index is -3.60. The highest BCUT2D eigenvalue weighted by Gasteiger charge is 2.37. The first-order valence-electron chi connectivity index (χ1n) is 7.98. The molecule has 2 unspecified atom stereocenters. The van der Waals surface area contributed by atoms with Gasteiger partial charge < -0.3 is 4.74 Å². The fourth-order valence-electron chi connectivity index (χ4n) is 3.71. The maximum Gasteiger partial charge on any atom is 0.261 e. The minimum absolute atomic E-state index is 0.260. The number of benzene rings is 2. The molecule has 0 amide bonds. The van der Waals surface area contributed by atoms with Crippen LogP contribution in [0.5, 0.6) is 5.75 Å². The molecule has 5 heteroatoms. The summed E-state index contributed by atoms with van der Waals surface area (Å²) in [5, 5.41) is 0. The fourth-order valence-corrected chi connectivity index (χ4v) is 4.79. The van der Waals surface area contributed by atoms with Crippen LogP contribution in [0.4, 0.5) is 5.69 Å². The number of anilines is 1. The summed E-state index contributed by atoms with van der Waals surface area (Å²) in [7, 11) is -1.95. The lowest BCUT2D eigenvalue weighted by molar-refractivity contribution is 0.409. The van der Waals surface area contributed by atoms with Gasteiger partial charge >= 0.3 is 0 Å². The van der Waals surface area contributed by atoms with Gasteiger partial charge in [0.1, 0.15) is 5.75 Å². The van der Waals surface area contributed by atoms with Crippen LogP contribution in [0, 0.1) is 6.92 Å². The van der Waals surface area contributed by atoms with Gasteiger partial charge in [-0.05, 0) is 43.2 Å². The van der Waals surface area contributed by atoms with E-state index in [1.807, 2.05) is 13.0 Å². The van der Waals surface area contributed by atoms with Crippen LogP contribution < -0.4 is 9.46 Å². The molecule has 2 aliphatic rings. The zero-order valence-electron chi connectivity index (χ0n) is 13.6. The van der Waals surface area contributed by atoms with Crippen LogP contribution in [0.1, 0.15) is 34.9 Å².